The molecule has 0 fully saturated rings. The predicted molar refractivity (Wildman–Crippen MR) is 64.9 cm³/mol. The number of nitrogens with two attached hydrogens (primary N) is 1. The quantitative estimate of drug-likeness (QED) is 0.330. The second-order valence-corrected chi connectivity index (χ2v) is 3.54. The standard InChI is InChI=1S/C10H14ClFN4/c1-2-5-14-10(16-13)15-7-3-4-8(11)9(12)6-7/h3-4,6H,2,5,13H2,1H3,(H2,14,15,16). The number of anilines is 1. The van der Waals surface area contributed by atoms with Gasteiger partial charge in [0.15, 0.2) is 0 Å². The van der Waals surface area contributed by atoms with Crippen molar-refractivity contribution in [1.29, 1.82) is 0 Å². The second-order valence-electron chi connectivity index (χ2n) is 3.13. The van der Waals surface area contributed by atoms with E-state index < -0.39 is 5.82 Å². The molecule has 0 saturated carbocycles. The van der Waals surface area contributed by atoms with Crippen LogP contribution < -0.4 is 16.6 Å². The van der Waals surface area contributed by atoms with Crippen LogP contribution in [0.3, 0.4) is 0 Å². The van der Waals surface area contributed by atoms with Gasteiger partial charge in [0, 0.05) is 12.2 Å². The van der Waals surface area contributed by atoms with Crippen molar-refractivity contribution in [2.75, 3.05) is 11.9 Å². The Bertz CT molecular complexity index is 381. The fourth-order valence-corrected chi connectivity index (χ4v) is 1.17. The first-order valence-electron chi connectivity index (χ1n) is 4.90. The van der Waals surface area contributed by atoms with Gasteiger partial charge < -0.3 is 5.32 Å². The van der Waals surface area contributed by atoms with E-state index in [-0.39, 0.29) is 5.02 Å². The van der Waals surface area contributed by atoms with Crippen LogP contribution in [0.4, 0.5) is 10.1 Å². The zero-order valence-electron chi connectivity index (χ0n) is 8.93. The van der Waals surface area contributed by atoms with Crippen molar-refractivity contribution in [1.82, 2.24) is 5.43 Å². The number of halogens is 2. The molecular weight excluding hydrogens is 231 g/mol. The molecule has 0 unspecified atom stereocenters. The van der Waals surface area contributed by atoms with Crippen LogP contribution in [0.1, 0.15) is 13.3 Å². The van der Waals surface area contributed by atoms with Gasteiger partial charge in [-0.25, -0.2) is 10.2 Å². The molecule has 0 saturated heterocycles. The van der Waals surface area contributed by atoms with Crippen molar-refractivity contribution in [3.8, 4) is 0 Å². The summed E-state index contributed by atoms with van der Waals surface area (Å²) >= 11 is 5.56. The Balaban J connectivity index is 2.74. The van der Waals surface area contributed by atoms with E-state index >= 15 is 0 Å². The van der Waals surface area contributed by atoms with E-state index in [1.807, 2.05) is 6.92 Å². The highest BCUT2D eigenvalue weighted by Crippen LogP contribution is 2.18. The number of hydrazine groups is 1. The highest BCUT2D eigenvalue weighted by atomic mass is 35.5. The SMILES string of the molecule is CCCN=C(NN)Nc1ccc(Cl)c(F)c1. The zero-order chi connectivity index (χ0) is 12.0. The maximum absolute atomic E-state index is 13.1. The van der Waals surface area contributed by atoms with Crippen molar-refractivity contribution in [3.05, 3.63) is 29.0 Å². The molecule has 0 amide bonds. The maximum atomic E-state index is 13.1. The molecule has 0 spiro atoms. The molecule has 0 aromatic heterocycles. The molecular formula is C10H14ClFN4. The van der Waals surface area contributed by atoms with Gasteiger partial charge in [-0.2, -0.15) is 0 Å². The summed E-state index contributed by atoms with van der Waals surface area (Å²) in [7, 11) is 0. The Hall–Kier alpha value is -1.33. The number of hydrogen-bond donors (Lipinski definition) is 3. The van der Waals surface area contributed by atoms with Gasteiger partial charge in [0.1, 0.15) is 5.82 Å². The lowest BCUT2D eigenvalue weighted by molar-refractivity contribution is 0.629. The molecule has 0 aliphatic carbocycles. The molecule has 0 aliphatic rings. The minimum Gasteiger partial charge on any atom is -0.325 e. The highest BCUT2D eigenvalue weighted by Gasteiger charge is 2.02. The smallest absolute Gasteiger partial charge is 0.210 e. The molecule has 88 valence electrons. The summed E-state index contributed by atoms with van der Waals surface area (Å²) in [6.45, 7) is 2.64. The highest BCUT2D eigenvalue weighted by molar-refractivity contribution is 6.30. The van der Waals surface area contributed by atoms with E-state index in [2.05, 4.69) is 15.7 Å². The number of benzene rings is 1. The van der Waals surface area contributed by atoms with Gasteiger partial charge in [-0.3, -0.25) is 10.4 Å². The van der Waals surface area contributed by atoms with Gasteiger partial charge in [-0.1, -0.05) is 18.5 Å². The van der Waals surface area contributed by atoms with Crippen LogP contribution in [-0.4, -0.2) is 12.5 Å². The van der Waals surface area contributed by atoms with Crippen LogP contribution >= 0.6 is 11.6 Å². The van der Waals surface area contributed by atoms with Crippen molar-refractivity contribution in [2.45, 2.75) is 13.3 Å². The lowest BCUT2D eigenvalue weighted by Gasteiger charge is -2.09. The molecule has 1 rings (SSSR count). The number of nitrogens with one attached hydrogen (secondary N) is 2. The Morgan fingerprint density at radius 1 is 1.56 bits per heavy atom. The summed E-state index contributed by atoms with van der Waals surface area (Å²) in [5, 5.41) is 2.93. The fraction of sp³-hybridized carbons (Fsp3) is 0.300. The number of aliphatic imine (C=N–C) groups is 1. The zero-order valence-corrected chi connectivity index (χ0v) is 9.68. The molecule has 0 bridgehead atoms. The molecule has 0 atom stereocenters. The average Bonchev–Trinajstić information content (AvgIpc) is 2.29. The summed E-state index contributed by atoms with van der Waals surface area (Å²) in [5.74, 6) is 5.17. The number of guanidine groups is 1. The Kier molecular flexibility index (Phi) is 5.01. The van der Waals surface area contributed by atoms with Crippen LogP contribution in [-0.2, 0) is 0 Å². The molecule has 0 radical (unpaired) electrons. The molecule has 1 aromatic carbocycles. The van der Waals surface area contributed by atoms with E-state index in [9.17, 15) is 4.39 Å². The Morgan fingerprint density at radius 2 is 2.31 bits per heavy atom. The molecule has 16 heavy (non-hydrogen) atoms. The van der Waals surface area contributed by atoms with Gasteiger partial charge in [-0.15, -0.1) is 0 Å². The van der Waals surface area contributed by atoms with Crippen LogP contribution in [0.25, 0.3) is 0 Å². The summed E-state index contributed by atoms with van der Waals surface area (Å²) in [6, 6.07) is 4.39. The summed E-state index contributed by atoms with van der Waals surface area (Å²) in [6.07, 6.45) is 0.905. The van der Waals surface area contributed by atoms with E-state index in [0.29, 0.717) is 18.2 Å². The van der Waals surface area contributed by atoms with Gasteiger partial charge in [0.25, 0.3) is 0 Å². The van der Waals surface area contributed by atoms with E-state index in [0.717, 1.165) is 6.42 Å². The molecule has 0 heterocycles. The van der Waals surface area contributed by atoms with Gasteiger partial charge in [0.2, 0.25) is 5.96 Å². The van der Waals surface area contributed by atoms with Crippen molar-refractivity contribution < 1.29 is 4.39 Å². The number of nitrogens with zero attached hydrogens (tertiary/aromatic N) is 1. The van der Waals surface area contributed by atoms with Crippen LogP contribution in [0.5, 0.6) is 0 Å². The molecule has 4 N–H and O–H groups in total. The topological polar surface area (TPSA) is 62.4 Å². The molecule has 0 aliphatic heterocycles. The Morgan fingerprint density at radius 3 is 2.88 bits per heavy atom. The largest absolute Gasteiger partial charge is 0.325 e. The monoisotopic (exact) mass is 244 g/mol. The van der Waals surface area contributed by atoms with Crippen molar-refractivity contribution >= 4 is 23.2 Å². The third-order valence-electron chi connectivity index (χ3n) is 1.81. The predicted octanol–water partition coefficient (Wildman–Crippen LogP) is 2.12. The Labute approximate surface area is 98.7 Å². The van der Waals surface area contributed by atoms with Crippen LogP contribution in [0, 0.1) is 5.82 Å². The lowest BCUT2D eigenvalue weighted by atomic mass is 10.3. The summed E-state index contributed by atoms with van der Waals surface area (Å²) in [4.78, 5) is 4.12. The summed E-state index contributed by atoms with van der Waals surface area (Å²) < 4.78 is 13.1. The maximum Gasteiger partial charge on any atom is 0.210 e. The number of hydrogen-bond acceptors (Lipinski definition) is 2. The number of rotatable bonds is 3. The fourth-order valence-electron chi connectivity index (χ4n) is 1.06. The van der Waals surface area contributed by atoms with Crippen LogP contribution in [0.15, 0.2) is 23.2 Å². The molecule has 4 nitrogen and oxygen atoms in total. The van der Waals surface area contributed by atoms with Gasteiger partial charge in [0.05, 0.1) is 5.02 Å². The molecule has 1 aromatic rings. The minimum absolute atomic E-state index is 0.0818. The van der Waals surface area contributed by atoms with Crippen LogP contribution in [0.2, 0.25) is 5.02 Å². The van der Waals surface area contributed by atoms with Gasteiger partial charge >= 0.3 is 0 Å². The van der Waals surface area contributed by atoms with Crippen molar-refractivity contribution in [2.24, 2.45) is 10.8 Å². The first-order chi connectivity index (χ1) is 7.67. The third-order valence-corrected chi connectivity index (χ3v) is 2.12. The first-order valence-corrected chi connectivity index (χ1v) is 5.28. The normalized spacial score (nSPS) is 11.4. The van der Waals surface area contributed by atoms with E-state index in [1.165, 1.54) is 12.1 Å². The first kappa shape index (κ1) is 12.7. The lowest BCUT2D eigenvalue weighted by Crippen LogP contribution is -2.36. The van der Waals surface area contributed by atoms with E-state index in [4.69, 9.17) is 17.4 Å². The molecule has 6 heteroatoms. The summed E-state index contributed by atoms with van der Waals surface area (Å²) in [5.41, 5.74) is 2.94. The second kappa shape index (κ2) is 6.30. The third kappa shape index (κ3) is 3.67. The minimum atomic E-state index is -0.487. The average molecular weight is 245 g/mol. The van der Waals surface area contributed by atoms with Crippen molar-refractivity contribution in [3.63, 3.8) is 0 Å². The van der Waals surface area contributed by atoms with Gasteiger partial charge in [-0.05, 0) is 24.6 Å². The van der Waals surface area contributed by atoms with E-state index in [1.54, 1.807) is 6.07 Å².